The molecule has 34 heavy (non-hydrogen) atoms. The fraction of sp³-hybridized carbons (Fsp3) is 0.238. The Balaban J connectivity index is 1.22. The van der Waals surface area contributed by atoms with Crippen LogP contribution in [-0.2, 0) is 17.9 Å². The molecule has 0 radical (unpaired) electrons. The topological polar surface area (TPSA) is 117 Å². The van der Waals surface area contributed by atoms with Crippen molar-refractivity contribution in [3.63, 3.8) is 0 Å². The van der Waals surface area contributed by atoms with Crippen molar-refractivity contribution >= 4 is 16.9 Å². The molecule has 1 N–H and O–H groups in total. The summed E-state index contributed by atoms with van der Waals surface area (Å²) in [6, 6.07) is 11.4. The number of imidazole rings is 2. The lowest BCUT2D eigenvalue weighted by molar-refractivity contribution is -0.389. The summed E-state index contributed by atoms with van der Waals surface area (Å²) in [5.41, 5.74) is 2.55. The maximum Gasteiger partial charge on any atom is 0.573 e. The molecule has 2 aromatic heterocycles. The predicted octanol–water partition coefficient (Wildman–Crippen LogP) is 4.21. The number of nitro groups is 1. The number of halogens is 3. The van der Waals surface area contributed by atoms with Gasteiger partial charge in [-0.1, -0.05) is 24.3 Å². The average Bonchev–Trinajstić information content (AvgIpc) is 3.40. The van der Waals surface area contributed by atoms with Gasteiger partial charge in [0.2, 0.25) is 0 Å². The number of ether oxygens (including phenoxy) is 3. The van der Waals surface area contributed by atoms with Gasteiger partial charge in [-0.05, 0) is 22.6 Å². The molecule has 4 aromatic rings. The third-order valence-electron chi connectivity index (χ3n) is 5.11. The Kier molecular flexibility index (Phi) is 5.32. The molecule has 5 rings (SSSR count). The maximum absolute atomic E-state index is 12.4. The molecule has 1 aliphatic rings. The van der Waals surface area contributed by atoms with E-state index in [1.807, 2.05) is 24.3 Å². The lowest BCUT2D eigenvalue weighted by Crippen LogP contribution is -2.32. The largest absolute Gasteiger partial charge is 0.573 e. The van der Waals surface area contributed by atoms with E-state index in [0.29, 0.717) is 30.0 Å². The van der Waals surface area contributed by atoms with Crippen molar-refractivity contribution in [1.82, 2.24) is 19.5 Å². The lowest BCUT2D eigenvalue weighted by Gasteiger charge is -2.22. The van der Waals surface area contributed by atoms with Crippen LogP contribution in [0.15, 0.2) is 48.7 Å². The predicted molar refractivity (Wildman–Crippen MR) is 111 cm³/mol. The quantitative estimate of drug-likeness (QED) is 0.328. The number of H-pyrrole nitrogens is 1. The highest BCUT2D eigenvalue weighted by molar-refractivity contribution is 5.80. The summed E-state index contributed by atoms with van der Waals surface area (Å²) >= 11 is 0. The van der Waals surface area contributed by atoms with Crippen molar-refractivity contribution in [2.75, 3.05) is 6.61 Å². The summed E-state index contributed by atoms with van der Waals surface area (Å²) in [5.74, 6) is -0.114. The third kappa shape index (κ3) is 4.64. The number of nitrogens with one attached hydrogen (secondary N) is 1. The van der Waals surface area contributed by atoms with Gasteiger partial charge in [-0.25, -0.2) is 4.98 Å². The van der Waals surface area contributed by atoms with Gasteiger partial charge in [0.15, 0.2) is 0 Å². The first-order chi connectivity index (χ1) is 16.2. The van der Waals surface area contributed by atoms with Gasteiger partial charge in [0, 0.05) is 16.6 Å². The number of aromatic nitrogens is 4. The minimum absolute atomic E-state index is 0.193. The highest BCUT2D eigenvalue weighted by Gasteiger charge is 2.31. The summed E-state index contributed by atoms with van der Waals surface area (Å²) in [7, 11) is 0. The van der Waals surface area contributed by atoms with Crippen molar-refractivity contribution in [2.24, 2.45) is 0 Å². The van der Waals surface area contributed by atoms with Crippen molar-refractivity contribution in [3.05, 3.63) is 64.3 Å². The fourth-order valence-electron chi connectivity index (χ4n) is 3.55. The van der Waals surface area contributed by atoms with E-state index in [4.69, 9.17) is 9.47 Å². The van der Waals surface area contributed by atoms with Gasteiger partial charge < -0.3 is 29.3 Å². The average molecular weight is 475 g/mol. The van der Waals surface area contributed by atoms with Crippen molar-refractivity contribution < 1.29 is 32.3 Å². The molecule has 0 unspecified atom stereocenters. The lowest BCUT2D eigenvalue weighted by atomic mass is 10.1. The number of fused-ring (bicyclic) bond motifs is 2. The van der Waals surface area contributed by atoms with E-state index in [1.54, 1.807) is 4.57 Å². The van der Waals surface area contributed by atoms with Crippen LogP contribution < -0.4 is 9.47 Å². The number of nitrogens with zero attached hydrogens (tertiary/aromatic N) is 4. The molecule has 0 aliphatic carbocycles. The van der Waals surface area contributed by atoms with Crippen LogP contribution >= 0.6 is 0 Å². The number of benzene rings is 2. The SMILES string of the molecule is O=[N+]([O-])c1cn2c(n1)OC[C@@H](OCc1ccc(-c3nc4cc(OC(F)(F)F)ccc4[nH]3)cc1)C2. The molecular weight excluding hydrogens is 459 g/mol. The molecule has 1 aliphatic heterocycles. The zero-order chi connectivity index (χ0) is 23.9. The molecule has 10 nitrogen and oxygen atoms in total. The summed E-state index contributed by atoms with van der Waals surface area (Å²) in [6.45, 7) is 0.900. The Morgan fingerprint density at radius 2 is 2.00 bits per heavy atom. The Morgan fingerprint density at radius 3 is 2.74 bits per heavy atom. The van der Waals surface area contributed by atoms with E-state index >= 15 is 0 Å². The van der Waals surface area contributed by atoms with Gasteiger partial charge in [-0.2, -0.15) is 0 Å². The summed E-state index contributed by atoms with van der Waals surface area (Å²) in [6.07, 6.45) is -3.76. The van der Waals surface area contributed by atoms with Crippen molar-refractivity contribution in [1.29, 1.82) is 0 Å². The van der Waals surface area contributed by atoms with Crippen LogP contribution in [0.2, 0.25) is 0 Å². The van der Waals surface area contributed by atoms with Crippen molar-refractivity contribution in [2.45, 2.75) is 25.6 Å². The maximum atomic E-state index is 12.4. The molecule has 0 amide bonds. The van der Waals surface area contributed by atoms with Crippen LogP contribution in [0, 0.1) is 10.1 Å². The standard InChI is InChI=1S/C21H16F3N5O5/c22-21(23,24)34-14-5-6-16-17(7-14)26-19(25-16)13-3-1-12(2-4-13)10-32-15-8-28-9-18(29(30)31)27-20(28)33-11-15/h1-7,9,15H,8,10-11H2,(H,25,26)/t15-/m0/s1. The smallest absolute Gasteiger partial charge is 0.443 e. The summed E-state index contributed by atoms with van der Waals surface area (Å²) in [5, 5.41) is 10.8. The minimum Gasteiger partial charge on any atom is -0.443 e. The first-order valence-corrected chi connectivity index (χ1v) is 10.0. The number of hydrogen-bond acceptors (Lipinski definition) is 7. The molecule has 2 aromatic carbocycles. The van der Waals surface area contributed by atoms with E-state index in [9.17, 15) is 23.3 Å². The molecule has 0 saturated heterocycles. The minimum atomic E-state index is -4.77. The van der Waals surface area contributed by atoms with Gasteiger partial charge in [0.1, 0.15) is 30.5 Å². The highest BCUT2D eigenvalue weighted by Crippen LogP contribution is 2.28. The molecule has 0 fully saturated rings. The first kappa shape index (κ1) is 21.7. The van der Waals surface area contributed by atoms with Crippen molar-refractivity contribution in [3.8, 4) is 23.1 Å². The second kappa shape index (κ2) is 8.33. The van der Waals surface area contributed by atoms with Gasteiger partial charge in [-0.15, -0.1) is 13.2 Å². The molecule has 0 saturated carbocycles. The Morgan fingerprint density at radius 1 is 1.21 bits per heavy atom. The first-order valence-electron chi connectivity index (χ1n) is 10.0. The second-order valence-electron chi connectivity index (χ2n) is 7.54. The van der Waals surface area contributed by atoms with Crippen LogP contribution in [0.5, 0.6) is 11.8 Å². The Labute approximate surface area is 189 Å². The normalized spacial score (nSPS) is 15.7. The monoisotopic (exact) mass is 475 g/mol. The fourth-order valence-corrected chi connectivity index (χ4v) is 3.55. The van der Waals surface area contributed by atoms with Crippen LogP contribution in [0.1, 0.15) is 5.56 Å². The molecule has 0 bridgehead atoms. The van der Waals surface area contributed by atoms with Gasteiger partial charge in [-0.3, -0.25) is 4.57 Å². The Hall–Kier alpha value is -4.13. The molecule has 3 heterocycles. The van der Waals surface area contributed by atoms with E-state index in [-0.39, 0.29) is 30.3 Å². The van der Waals surface area contributed by atoms with E-state index in [0.717, 1.165) is 11.1 Å². The van der Waals surface area contributed by atoms with Gasteiger partial charge in [0.25, 0.3) is 0 Å². The molecular formula is C21H16F3N5O5. The molecule has 1 atom stereocenters. The molecule has 176 valence electrons. The van der Waals surface area contributed by atoms with Crippen LogP contribution in [0.25, 0.3) is 22.4 Å². The van der Waals surface area contributed by atoms with E-state index in [2.05, 4.69) is 19.7 Å². The van der Waals surface area contributed by atoms with E-state index in [1.165, 1.54) is 24.4 Å². The van der Waals surface area contributed by atoms with Gasteiger partial charge >= 0.3 is 18.2 Å². The number of alkyl halides is 3. The number of hydrogen-bond donors (Lipinski definition) is 1. The highest BCUT2D eigenvalue weighted by atomic mass is 19.4. The summed E-state index contributed by atoms with van der Waals surface area (Å²) < 4.78 is 54.1. The number of rotatable bonds is 6. The van der Waals surface area contributed by atoms with E-state index < -0.39 is 11.3 Å². The summed E-state index contributed by atoms with van der Waals surface area (Å²) in [4.78, 5) is 21.5. The second-order valence-corrected chi connectivity index (χ2v) is 7.54. The molecule has 13 heteroatoms. The number of aromatic amines is 1. The van der Waals surface area contributed by atoms with Crippen LogP contribution in [-0.4, -0.2) is 43.5 Å². The van der Waals surface area contributed by atoms with Crippen LogP contribution in [0.3, 0.4) is 0 Å². The Bertz CT molecular complexity index is 1350. The zero-order valence-electron chi connectivity index (χ0n) is 17.3. The van der Waals surface area contributed by atoms with Gasteiger partial charge in [0.05, 0.1) is 24.2 Å². The zero-order valence-corrected chi connectivity index (χ0v) is 17.3. The third-order valence-corrected chi connectivity index (χ3v) is 5.11. The van der Waals surface area contributed by atoms with Crippen LogP contribution in [0.4, 0.5) is 19.0 Å². The molecule has 0 spiro atoms.